The Hall–Kier alpha value is -4.25. The number of rotatable bonds is 8. The highest BCUT2D eigenvalue weighted by atomic mass is 35.5. The fourth-order valence-electron chi connectivity index (χ4n) is 8.03. The molecule has 2 aliphatic heterocycles. The third-order valence-electron chi connectivity index (χ3n) is 10.5. The summed E-state index contributed by atoms with van der Waals surface area (Å²) in [5.74, 6) is 0.730. The van der Waals surface area contributed by atoms with Crippen molar-refractivity contribution in [1.29, 1.82) is 0 Å². The lowest BCUT2D eigenvalue weighted by atomic mass is 9.89. The number of halogens is 1. The van der Waals surface area contributed by atoms with Crippen molar-refractivity contribution in [3.05, 3.63) is 70.4 Å². The highest BCUT2D eigenvalue weighted by Gasteiger charge is 2.35. The van der Waals surface area contributed by atoms with Crippen molar-refractivity contribution in [2.75, 3.05) is 33.3 Å². The van der Waals surface area contributed by atoms with Gasteiger partial charge in [-0.25, -0.2) is 9.78 Å². The maximum absolute atomic E-state index is 13.2. The van der Waals surface area contributed by atoms with Crippen LogP contribution in [0, 0.1) is 6.92 Å². The van der Waals surface area contributed by atoms with Gasteiger partial charge >= 0.3 is 6.09 Å². The van der Waals surface area contributed by atoms with Gasteiger partial charge in [-0.3, -0.25) is 14.4 Å². The molecule has 2 fully saturated rings. The number of nitrogens with zero attached hydrogens (tertiary/aromatic N) is 5. The standard InChI is InChI=1S/C41H48ClN5O5/c1-8-47-33-14-11-28(22-31(33)36(44-47)27-15-18-45(19-16-27)30-17-20-46(23-30)40(49)50-7)39-43-32-21-24(2)34(37(25(3)48)52-41(4,5)6)35(38(32)51-39)26-9-12-29(42)13-10-26/h9-14,21-22,27,30,37H,8,15-20,23H2,1-7H3/t30-,37-/m1/s1. The minimum absolute atomic E-state index is 0.0875. The van der Waals surface area contributed by atoms with Crippen LogP contribution in [0.25, 0.3) is 44.6 Å². The third-order valence-corrected chi connectivity index (χ3v) is 10.8. The minimum Gasteiger partial charge on any atom is -0.453 e. The largest absolute Gasteiger partial charge is 0.453 e. The Kier molecular flexibility index (Phi) is 9.93. The van der Waals surface area contributed by atoms with Crippen LogP contribution in [-0.2, 0) is 20.8 Å². The summed E-state index contributed by atoms with van der Waals surface area (Å²) in [7, 11) is 1.45. The number of piperidine rings is 1. The summed E-state index contributed by atoms with van der Waals surface area (Å²) in [4.78, 5) is 34.6. The van der Waals surface area contributed by atoms with Crippen molar-refractivity contribution in [2.45, 2.75) is 91.0 Å². The molecular formula is C41H48ClN5O5. The lowest BCUT2D eigenvalue weighted by molar-refractivity contribution is -0.138. The third kappa shape index (κ3) is 6.96. The Bertz CT molecular complexity index is 2120. The fraction of sp³-hybridized carbons (Fsp3) is 0.463. The van der Waals surface area contributed by atoms with E-state index in [4.69, 9.17) is 35.6 Å². The molecule has 0 radical (unpaired) electrons. The smallest absolute Gasteiger partial charge is 0.409 e. The molecule has 0 bridgehead atoms. The van der Waals surface area contributed by atoms with E-state index in [1.165, 1.54) is 7.11 Å². The summed E-state index contributed by atoms with van der Waals surface area (Å²) in [5, 5.41) is 6.88. The zero-order valence-electron chi connectivity index (χ0n) is 31.2. The number of amides is 1. The number of likely N-dealkylation sites (tertiary alicyclic amines) is 2. The molecule has 0 aliphatic carbocycles. The Morgan fingerprint density at radius 3 is 2.38 bits per heavy atom. The topological polar surface area (TPSA) is 103 Å². The summed E-state index contributed by atoms with van der Waals surface area (Å²) in [6.45, 7) is 15.7. The number of carbonyl (C=O) groups excluding carboxylic acids is 2. The van der Waals surface area contributed by atoms with Crippen molar-refractivity contribution in [2.24, 2.45) is 0 Å². The van der Waals surface area contributed by atoms with Crippen molar-refractivity contribution in [1.82, 2.24) is 24.6 Å². The van der Waals surface area contributed by atoms with Crippen LogP contribution >= 0.6 is 11.6 Å². The molecule has 4 heterocycles. The van der Waals surface area contributed by atoms with Gasteiger partial charge in [0.15, 0.2) is 11.4 Å². The van der Waals surface area contributed by atoms with E-state index >= 15 is 0 Å². The number of benzene rings is 3. The Balaban J connectivity index is 1.26. The van der Waals surface area contributed by atoms with Gasteiger partial charge in [0, 0.05) is 58.7 Å². The molecular weight excluding hydrogens is 678 g/mol. The van der Waals surface area contributed by atoms with E-state index in [0.29, 0.717) is 34.0 Å². The number of oxazole rings is 1. The molecule has 2 atom stereocenters. The molecule has 11 heteroatoms. The van der Waals surface area contributed by atoms with Crippen LogP contribution in [0.5, 0.6) is 0 Å². The average Bonchev–Trinajstić information content (AvgIpc) is 3.87. The highest BCUT2D eigenvalue weighted by molar-refractivity contribution is 6.30. The quantitative estimate of drug-likeness (QED) is 0.156. The zero-order valence-corrected chi connectivity index (χ0v) is 31.9. The molecule has 10 nitrogen and oxygen atoms in total. The molecule has 0 unspecified atom stereocenters. The van der Waals surface area contributed by atoms with E-state index in [1.807, 2.05) is 62.9 Å². The number of fused-ring (bicyclic) bond motifs is 2. The monoisotopic (exact) mass is 725 g/mol. The van der Waals surface area contributed by atoms with Crippen molar-refractivity contribution in [3.8, 4) is 22.6 Å². The van der Waals surface area contributed by atoms with Gasteiger partial charge in [0.05, 0.1) is 23.9 Å². The van der Waals surface area contributed by atoms with Gasteiger partial charge in [0.25, 0.3) is 0 Å². The van der Waals surface area contributed by atoms with Gasteiger partial charge in [0.2, 0.25) is 5.89 Å². The number of carbonyl (C=O) groups is 2. The van der Waals surface area contributed by atoms with Gasteiger partial charge < -0.3 is 18.8 Å². The van der Waals surface area contributed by atoms with Gasteiger partial charge in [-0.1, -0.05) is 23.7 Å². The molecule has 3 aromatic carbocycles. The Morgan fingerprint density at radius 1 is 1.02 bits per heavy atom. The number of hydrogen-bond donors (Lipinski definition) is 0. The summed E-state index contributed by atoms with van der Waals surface area (Å²) in [6, 6.07) is 16.3. The van der Waals surface area contributed by atoms with Crippen LogP contribution in [-0.4, -0.2) is 81.4 Å². The first-order chi connectivity index (χ1) is 24.8. The number of ketones is 1. The first kappa shape index (κ1) is 36.1. The number of ether oxygens (including phenoxy) is 2. The van der Waals surface area contributed by atoms with Gasteiger partial charge in [-0.15, -0.1) is 0 Å². The van der Waals surface area contributed by atoms with Gasteiger partial charge in [-0.05, 0) is 121 Å². The lowest BCUT2D eigenvalue weighted by Gasteiger charge is -2.35. The molecule has 52 heavy (non-hydrogen) atoms. The molecule has 1 amide bonds. The molecule has 7 rings (SSSR count). The van der Waals surface area contributed by atoms with E-state index in [9.17, 15) is 9.59 Å². The molecule has 2 aromatic heterocycles. The number of aryl methyl sites for hydroxylation is 2. The maximum atomic E-state index is 13.2. The summed E-state index contributed by atoms with van der Waals surface area (Å²) < 4.78 is 20.2. The molecule has 0 spiro atoms. The predicted molar refractivity (Wildman–Crippen MR) is 204 cm³/mol. The van der Waals surface area contributed by atoms with E-state index in [0.717, 1.165) is 96.4 Å². The molecule has 274 valence electrons. The first-order valence-corrected chi connectivity index (χ1v) is 18.7. The number of Topliss-reactive ketones (excluding diaryl/α,β-unsaturated/α-hetero) is 1. The van der Waals surface area contributed by atoms with Crippen LogP contribution in [0.15, 0.2) is 52.9 Å². The SMILES string of the molecule is CCn1nc(C2CCN([C@@H]3CCN(C(=O)OC)C3)CC2)c2cc(-c3nc4cc(C)c([C@H](OC(C)(C)C)C(C)=O)c(-c5ccc(Cl)cc5)c4o3)ccc21. The number of aromatic nitrogens is 3. The Morgan fingerprint density at radius 2 is 1.73 bits per heavy atom. The minimum atomic E-state index is -0.797. The van der Waals surface area contributed by atoms with Gasteiger partial charge in [-0.2, -0.15) is 5.10 Å². The van der Waals surface area contributed by atoms with Crippen LogP contribution in [0.4, 0.5) is 4.79 Å². The lowest BCUT2D eigenvalue weighted by Crippen LogP contribution is -2.43. The second kappa shape index (κ2) is 14.3. The number of methoxy groups -OCH3 is 1. The van der Waals surface area contributed by atoms with Crippen LogP contribution in [0.1, 0.15) is 82.7 Å². The molecule has 2 saturated heterocycles. The normalized spacial score (nSPS) is 18.1. The molecule has 2 aliphatic rings. The van der Waals surface area contributed by atoms with E-state index in [-0.39, 0.29) is 11.9 Å². The Labute approximate surface area is 310 Å². The van der Waals surface area contributed by atoms with Crippen molar-refractivity contribution in [3.63, 3.8) is 0 Å². The van der Waals surface area contributed by atoms with Gasteiger partial charge in [0.1, 0.15) is 11.6 Å². The second-order valence-electron chi connectivity index (χ2n) is 15.2. The predicted octanol–water partition coefficient (Wildman–Crippen LogP) is 8.96. The summed E-state index contributed by atoms with van der Waals surface area (Å²) >= 11 is 6.32. The van der Waals surface area contributed by atoms with E-state index in [2.05, 4.69) is 34.7 Å². The number of hydrogen-bond acceptors (Lipinski definition) is 8. The summed E-state index contributed by atoms with van der Waals surface area (Å²) in [6.07, 6.45) is 1.93. The van der Waals surface area contributed by atoms with Crippen LogP contribution < -0.4 is 0 Å². The summed E-state index contributed by atoms with van der Waals surface area (Å²) in [5.41, 5.74) is 7.11. The van der Waals surface area contributed by atoms with E-state index in [1.54, 1.807) is 6.92 Å². The fourth-order valence-corrected chi connectivity index (χ4v) is 8.15. The van der Waals surface area contributed by atoms with Crippen LogP contribution in [0.3, 0.4) is 0 Å². The molecule has 5 aromatic rings. The first-order valence-electron chi connectivity index (χ1n) is 18.3. The van der Waals surface area contributed by atoms with Crippen molar-refractivity contribution >= 4 is 45.5 Å². The second-order valence-corrected chi connectivity index (χ2v) is 15.6. The molecule has 0 N–H and O–H groups in total. The van der Waals surface area contributed by atoms with Crippen molar-refractivity contribution < 1.29 is 23.5 Å². The van der Waals surface area contributed by atoms with E-state index < -0.39 is 11.7 Å². The van der Waals surface area contributed by atoms with Crippen LogP contribution in [0.2, 0.25) is 5.02 Å². The molecule has 0 saturated carbocycles. The maximum Gasteiger partial charge on any atom is 0.409 e. The highest BCUT2D eigenvalue weighted by Crippen LogP contribution is 2.43. The average molecular weight is 726 g/mol. The zero-order chi connectivity index (χ0) is 36.9.